The van der Waals surface area contributed by atoms with Crippen LogP contribution in [0.1, 0.15) is 39.0 Å². The summed E-state index contributed by atoms with van der Waals surface area (Å²) < 4.78 is 0. The third kappa shape index (κ3) is 8.79. The summed E-state index contributed by atoms with van der Waals surface area (Å²) in [4.78, 5) is 21.0. The summed E-state index contributed by atoms with van der Waals surface area (Å²) in [6, 6.07) is 0. The second kappa shape index (κ2) is 7.53. The van der Waals surface area contributed by atoms with Crippen molar-refractivity contribution in [3.05, 3.63) is 12.2 Å². The van der Waals surface area contributed by atoms with Gasteiger partial charge in [-0.1, -0.05) is 26.2 Å². The average Bonchev–Trinajstić information content (AvgIpc) is 2.09. The molecule has 0 fully saturated rings. The van der Waals surface area contributed by atoms with Crippen molar-refractivity contribution in [2.75, 3.05) is 0 Å². The normalized spacial score (nSPS) is 10.5. The van der Waals surface area contributed by atoms with Crippen LogP contribution in [0, 0.1) is 0 Å². The lowest BCUT2D eigenvalue weighted by Gasteiger charge is -1.94. The van der Waals surface area contributed by atoms with Gasteiger partial charge in [-0.2, -0.15) is 0 Å². The van der Waals surface area contributed by atoms with E-state index in [1.54, 1.807) is 0 Å². The van der Waals surface area contributed by atoms with Crippen LogP contribution >= 0.6 is 0 Å². The van der Waals surface area contributed by atoms with Crippen LogP contribution in [-0.2, 0) is 9.59 Å². The molecule has 0 bridgehead atoms. The smallest absolute Gasteiger partial charge is 0.328 e. The Bertz CT molecular complexity index is 194. The van der Waals surface area contributed by atoms with Crippen LogP contribution < -0.4 is 0 Å². The quantitative estimate of drug-likeness (QED) is 0.487. The average molecular weight is 184 g/mol. The highest BCUT2D eigenvalue weighted by atomic mass is 16.4. The predicted molar refractivity (Wildman–Crippen MR) is 50.5 cm³/mol. The summed E-state index contributed by atoms with van der Waals surface area (Å²) in [7, 11) is 0. The first-order valence-electron chi connectivity index (χ1n) is 4.60. The van der Waals surface area contributed by atoms with Crippen LogP contribution in [0.15, 0.2) is 12.2 Å². The lowest BCUT2D eigenvalue weighted by atomic mass is 10.1. The van der Waals surface area contributed by atoms with E-state index >= 15 is 0 Å². The summed E-state index contributed by atoms with van der Waals surface area (Å²) in [5, 5.41) is 8.23. The van der Waals surface area contributed by atoms with Gasteiger partial charge >= 0.3 is 5.97 Å². The fraction of sp³-hybridized carbons (Fsp3) is 0.600. The fourth-order valence-corrected chi connectivity index (χ4v) is 0.974. The van der Waals surface area contributed by atoms with Crippen molar-refractivity contribution in [3.63, 3.8) is 0 Å². The van der Waals surface area contributed by atoms with Crippen molar-refractivity contribution in [1.29, 1.82) is 0 Å². The Morgan fingerprint density at radius 2 is 1.85 bits per heavy atom. The number of ketones is 1. The van der Waals surface area contributed by atoms with Crippen molar-refractivity contribution < 1.29 is 14.7 Å². The summed E-state index contributed by atoms with van der Waals surface area (Å²) in [6.07, 6.45) is 6.66. The van der Waals surface area contributed by atoms with Crippen LogP contribution in [0.4, 0.5) is 0 Å². The molecule has 3 nitrogen and oxygen atoms in total. The summed E-state index contributed by atoms with van der Waals surface area (Å²) in [5.41, 5.74) is 0. The molecule has 74 valence electrons. The van der Waals surface area contributed by atoms with E-state index in [1.165, 1.54) is 0 Å². The van der Waals surface area contributed by atoms with Gasteiger partial charge in [0.05, 0.1) is 0 Å². The molecule has 1 N–H and O–H groups in total. The molecule has 0 heterocycles. The maximum absolute atomic E-state index is 11.0. The van der Waals surface area contributed by atoms with E-state index in [0.29, 0.717) is 6.42 Å². The van der Waals surface area contributed by atoms with E-state index in [0.717, 1.165) is 37.8 Å². The summed E-state index contributed by atoms with van der Waals surface area (Å²) >= 11 is 0. The number of carbonyl (C=O) groups is 2. The minimum Gasteiger partial charge on any atom is -0.478 e. The molecule has 0 amide bonds. The second-order valence-corrected chi connectivity index (χ2v) is 2.95. The number of unbranched alkanes of at least 4 members (excludes halogenated alkanes) is 3. The first-order valence-corrected chi connectivity index (χ1v) is 4.60. The van der Waals surface area contributed by atoms with E-state index < -0.39 is 5.97 Å². The number of allylic oxidation sites excluding steroid dienone is 1. The molecule has 0 saturated carbocycles. The van der Waals surface area contributed by atoms with Gasteiger partial charge in [-0.3, -0.25) is 4.79 Å². The minimum atomic E-state index is -1.07. The van der Waals surface area contributed by atoms with Crippen LogP contribution in [0.3, 0.4) is 0 Å². The van der Waals surface area contributed by atoms with Crippen LogP contribution in [0.5, 0.6) is 0 Å². The molecule has 0 aromatic rings. The number of hydrogen-bond donors (Lipinski definition) is 1. The van der Waals surface area contributed by atoms with Gasteiger partial charge < -0.3 is 5.11 Å². The summed E-state index contributed by atoms with van der Waals surface area (Å²) in [6.45, 7) is 2.10. The third-order valence-electron chi connectivity index (χ3n) is 1.69. The predicted octanol–water partition coefficient (Wildman–Crippen LogP) is 2.17. The van der Waals surface area contributed by atoms with Crippen molar-refractivity contribution in [3.8, 4) is 0 Å². The van der Waals surface area contributed by atoms with Gasteiger partial charge in [0.15, 0.2) is 5.78 Å². The van der Waals surface area contributed by atoms with Crippen LogP contribution in [-0.4, -0.2) is 16.9 Å². The molecule has 3 heteroatoms. The topological polar surface area (TPSA) is 54.4 Å². The zero-order valence-electron chi connectivity index (χ0n) is 7.95. The molecule has 0 aliphatic carbocycles. The number of carboxylic acids is 1. The van der Waals surface area contributed by atoms with Gasteiger partial charge in [0.1, 0.15) is 0 Å². The SMILES string of the molecule is CCCCCCC(=O)C=CC(=O)O. The van der Waals surface area contributed by atoms with Crippen molar-refractivity contribution in [2.45, 2.75) is 39.0 Å². The zero-order chi connectivity index (χ0) is 10.1. The fourth-order valence-electron chi connectivity index (χ4n) is 0.974. The van der Waals surface area contributed by atoms with E-state index in [1.807, 2.05) is 0 Å². The minimum absolute atomic E-state index is 0.0986. The lowest BCUT2D eigenvalue weighted by molar-refractivity contribution is -0.131. The number of rotatable bonds is 7. The van der Waals surface area contributed by atoms with Gasteiger partial charge in [0.2, 0.25) is 0 Å². The van der Waals surface area contributed by atoms with Crippen LogP contribution in [0.25, 0.3) is 0 Å². The zero-order valence-corrected chi connectivity index (χ0v) is 7.95. The molecule has 13 heavy (non-hydrogen) atoms. The Hall–Kier alpha value is -1.12. The van der Waals surface area contributed by atoms with Gasteiger partial charge in [-0.25, -0.2) is 4.79 Å². The van der Waals surface area contributed by atoms with E-state index in [-0.39, 0.29) is 5.78 Å². The largest absolute Gasteiger partial charge is 0.478 e. The molecule has 0 aliphatic rings. The van der Waals surface area contributed by atoms with Gasteiger partial charge in [-0.05, 0) is 12.5 Å². The number of hydrogen-bond acceptors (Lipinski definition) is 2. The van der Waals surface area contributed by atoms with Gasteiger partial charge in [0.25, 0.3) is 0 Å². The molecule has 0 rings (SSSR count). The van der Waals surface area contributed by atoms with E-state index in [4.69, 9.17) is 5.11 Å². The Kier molecular flexibility index (Phi) is 6.88. The highest BCUT2D eigenvalue weighted by Gasteiger charge is 1.97. The Balaban J connectivity index is 3.46. The van der Waals surface area contributed by atoms with Crippen molar-refractivity contribution in [2.24, 2.45) is 0 Å². The molecule has 0 aromatic carbocycles. The highest BCUT2D eigenvalue weighted by Crippen LogP contribution is 2.03. The Morgan fingerprint density at radius 1 is 1.15 bits per heavy atom. The molecular formula is C10H16O3. The maximum atomic E-state index is 11.0. The molecule has 0 spiro atoms. The molecule has 0 aliphatic heterocycles. The van der Waals surface area contributed by atoms with E-state index in [2.05, 4.69) is 6.92 Å². The van der Waals surface area contributed by atoms with Crippen LogP contribution in [0.2, 0.25) is 0 Å². The molecule has 0 radical (unpaired) electrons. The standard InChI is InChI=1S/C10H16O3/c1-2-3-4-5-6-9(11)7-8-10(12)13/h7-8H,2-6H2,1H3,(H,12,13). The van der Waals surface area contributed by atoms with Gasteiger partial charge in [-0.15, -0.1) is 0 Å². The summed E-state index contributed by atoms with van der Waals surface area (Å²) in [5.74, 6) is -1.17. The Labute approximate surface area is 78.5 Å². The Morgan fingerprint density at radius 3 is 2.38 bits per heavy atom. The number of aliphatic carboxylic acids is 1. The first kappa shape index (κ1) is 11.9. The van der Waals surface area contributed by atoms with E-state index in [9.17, 15) is 9.59 Å². The van der Waals surface area contributed by atoms with Crippen molar-refractivity contribution in [1.82, 2.24) is 0 Å². The number of carbonyl (C=O) groups excluding carboxylic acids is 1. The monoisotopic (exact) mass is 184 g/mol. The first-order chi connectivity index (χ1) is 6.16. The molecule has 0 atom stereocenters. The molecule has 0 aromatic heterocycles. The molecular weight excluding hydrogens is 168 g/mol. The number of carboxylic acid groups (broad SMARTS) is 1. The molecule has 0 saturated heterocycles. The van der Waals surface area contributed by atoms with Gasteiger partial charge in [0, 0.05) is 12.5 Å². The lowest BCUT2D eigenvalue weighted by Crippen LogP contribution is -1.95. The third-order valence-corrected chi connectivity index (χ3v) is 1.69. The highest BCUT2D eigenvalue weighted by molar-refractivity contribution is 5.95. The van der Waals surface area contributed by atoms with Crippen molar-refractivity contribution >= 4 is 11.8 Å². The molecule has 0 unspecified atom stereocenters. The maximum Gasteiger partial charge on any atom is 0.328 e. The second-order valence-electron chi connectivity index (χ2n) is 2.95.